The average molecular weight is 179 g/mol. The molecule has 2 aliphatic heterocycles. The number of hydrogen-bond acceptors (Lipinski definition) is 4. The number of nitrogens with zero attached hydrogens (tertiary/aromatic N) is 1. The number of fused-ring (bicyclic) bond motifs is 1. The number of hydrazine groups is 1. The first-order chi connectivity index (χ1) is 6.29. The number of hydrogen-bond donors (Lipinski definition) is 3. The van der Waals surface area contributed by atoms with E-state index in [4.69, 9.17) is 5.11 Å². The second kappa shape index (κ2) is 3.02. The average Bonchev–Trinajstić information content (AvgIpc) is 2.44. The lowest BCUT2D eigenvalue weighted by atomic mass is 10.0. The van der Waals surface area contributed by atoms with Crippen molar-refractivity contribution in [2.75, 3.05) is 6.54 Å². The van der Waals surface area contributed by atoms with Crippen LogP contribution in [-0.2, 0) is 4.79 Å². The van der Waals surface area contributed by atoms with Gasteiger partial charge in [-0.05, 0) is 0 Å². The normalized spacial score (nSPS) is 25.4. The van der Waals surface area contributed by atoms with Crippen LogP contribution in [0.15, 0.2) is 28.5 Å². The van der Waals surface area contributed by atoms with Crippen LogP contribution in [0.1, 0.15) is 0 Å². The van der Waals surface area contributed by atoms with Crippen molar-refractivity contribution in [1.82, 2.24) is 10.9 Å². The minimum absolute atomic E-state index is 0.0913. The number of aliphatic carboxylic acids is 1. The van der Waals surface area contributed by atoms with Crippen LogP contribution in [0.4, 0.5) is 0 Å². The summed E-state index contributed by atoms with van der Waals surface area (Å²) in [6, 6.07) is 0. The molecule has 5 heteroatoms. The summed E-state index contributed by atoms with van der Waals surface area (Å²) in [5.74, 6) is -0.864. The molecule has 3 N–H and O–H groups in total. The van der Waals surface area contributed by atoms with Gasteiger partial charge in [-0.15, -0.1) is 0 Å². The molecule has 0 amide bonds. The predicted octanol–water partition coefficient (Wildman–Crippen LogP) is -0.353. The maximum Gasteiger partial charge on any atom is 0.339 e. The van der Waals surface area contributed by atoms with Crippen molar-refractivity contribution in [3.63, 3.8) is 0 Å². The fraction of sp³-hybridized carbons (Fsp3) is 0.250. The fourth-order valence-electron chi connectivity index (χ4n) is 1.39. The van der Waals surface area contributed by atoms with Gasteiger partial charge in [-0.25, -0.2) is 10.2 Å². The highest BCUT2D eigenvalue weighted by molar-refractivity contribution is 6.09. The van der Waals surface area contributed by atoms with E-state index >= 15 is 0 Å². The van der Waals surface area contributed by atoms with Gasteiger partial charge in [-0.2, -0.15) is 0 Å². The third kappa shape index (κ3) is 1.33. The molecule has 1 unspecified atom stereocenters. The highest BCUT2D eigenvalue weighted by Gasteiger charge is 2.25. The summed E-state index contributed by atoms with van der Waals surface area (Å²) in [6.07, 6.45) is 4.85. The largest absolute Gasteiger partial charge is 0.478 e. The van der Waals surface area contributed by atoms with Crippen LogP contribution in [0.2, 0.25) is 0 Å². The van der Waals surface area contributed by atoms with Gasteiger partial charge >= 0.3 is 5.97 Å². The SMILES string of the molecule is O=C(O)C1=C2NNCC2C=CN=C1. The number of rotatable bonds is 1. The van der Waals surface area contributed by atoms with Crippen molar-refractivity contribution >= 4 is 12.2 Å². The second-order valence-electron chi connectivity index (χ2n) is 2.86. The summed E-state index contributed by atoms with van der Waals surface area (Å²) in [5, 5.41) is 8.87. The molecule has 68 valence electrons. The van der Waals surface area contributed by atoms with Crippen LogP contribution in [0.5, 0.6) is 0 Å². The molecule has 0 saturated carbocycles. The van der Waals surface area contributed by atoms with Gasteiger partial charge in [-0.3, -0.25) is 4.99 Å². The van der Waals surface area contributed by atoms with Gasteiger partial charge < -0.3 is 10.5 Å². The van der Waals surface area contributed by atoms with Gasteiger partial charge in [0, 0.05) is 24.9 Å². The third-order valence-corrected chi connectivity index (χ3v) is 2.04. The van der Waals surface area contributed by atoms with E-state index in [-0.39, 0.29) is 11.5 Å². The number of carboxylic acids is 1. The first-order valence-electron chi connectivity index (χ1n) is 3.95. The Bertz CT molecular complexity index is 330. The Morgan fingerprint density at radius 1 is 1.69 bits per heavy atom. The van der Waals surface area contributed by atoms with Crippen LogP contribution >= 0.6 is 0 Å². The third-order valence-electron chi connectivity index (χ3n) is 2.04. The molecule has 0 aromatic rings. The Labute approximate surface area is 74.8 Å². The number of carbonyl (C=O) groups is 1. The van der Waals surface area contributed by atoms with E-state index in [1.807, 2.05) is 6.08 Å². The first-order valence-corrected chi connectivity index (χ1v) is 3.95. The summed E-state index contributed by atoms with van der Waals surface area (Å²) in [6.45, 7) is 0.700. The Morgan fingerprint density at radius 3 is 3.31 bits per heavy atom. The zero-order valence-corrected chi connectivity index (χ0v) is 6.82. The van der Waals surface area contributed by atoms with E-state index < -0.39 is 5.97 Å². The van der Waals surface area contributed by atoms with Crippen LogP contribution in [0, 0.1) is 5.92 Å². The molecule has 1 fully saturated rings. The van der Waals surface area contributed by atoms with E-state index in [9.17, 15) is 4.79 Å². The number of nitrogens with one attached hydrogen (secondary N) is 2. The predicted molar refractivity (Wildman–Crippen MR) is 46.9 cm³/mol. The van der Waals surface area contributed by atoms with E-state index in [1.54, 1.807) is 6.20 Å². The molecular weight excluding hydrogens is 170 g/mol. The van der Waals surface area contributed by atoms with Gasteiger partial charge in [0.15, 0.2) is 0 Å². The van der Waals surface area contributed by atoms with E-state index in [0.29, 0.717) is 12.2 Å². The van der Waals surface area contributed by atoms with Crippen LogP contribution in [-0.4, -0.2) is 23.8 Å². The highest BCUT2D eigenvalue weighted by atomic mass is 16.4. The zero-order valence-electron chi connectivity index (χ0n) is 6.82. The van der Waals surface area contributed by atoms with Gasteiger partial charge in [-0.1, -0.05) is 6.08 Å². The maximum atomic E-state index is 10.8. The van der Waals surface area contributed by atoms with E-state index in [2.05, 4.69) is 15.8 Å². The van der Waals surface area contributed by atoms with E-state index in [0.717, 1.165) is 0 Å². The monoisotopic (exact) mass is 179 g/mol. The minimum atomic E-state index is -0.955. The molecule has 0 aromatic carbocycles. The number of carboxylic acid groups (broad SMARTS) is 1. The Morgan fingerprint density at radius 2 is 2.54 bits per heavy atom. The second-order valence-corrected chi connectivity index (χ2v) is 2.86. The topological polar surface area (TPSA) is 73.7 Å². The smallest absolute Gasteiger partial charge is 0.339 e. The Hall–Kier alpha value is -1.62. The van der Waals surface area contributed by atoms with Crippen LogP contribution in [0.25, 0.3) is 0 Å². The Balaban J connectivity index is 2.44. The Kier molecular flexibility index (Phi) is 1.86. The maximum absolute atomic E-state index is 10.8. The van der Waals surface area contributed by atoms with Gasteiger partial charge in [0.1, 0.15) is 0 Å². The van der Waals surface area contributed by atoms with Crippen molar-refractivity contribution in [3.05, 3.63) is 23.5 Å². The lowest BCUT2D eigenvalue weighted by molar-refractivity contribution is -0.132. The van der Waals surface area contributed by atoms with Crippen molar-refractivity contribution in [1.29, 1.82) is 0 Å². The fourth-order valence-corrected chi connectivity index (χ4v) is 1.39. The van der Waals surface area contributed by atoms with Gasteiger partial charge in [0.2, 0.25) is 0 Å². The molecule has 1 atom stereocenters. The zero-order chi connectivity index (χ0) is 9.26. The van der Waals surface area contributed by atoms with Crippen molar-refractivity contribution in [3.8, 4) is 0 Å². The lowest BCUT2D eigenvalue weighted by Crippen LogP contribution is -2.23. The molecule has 0 aromatic heterocycles. The van der Waals surface area contributed by atoms with Gasteiger partial charge in [0.25, 0.3) is 0 Å². The summed E-state index contributed by atoms with van der Waals surface area (Å²) >= 11 is 0. The molecule has 0 bridgehead atoms. The molecular formula is C8H9N3O2. The lowest BCUT2D eigenvalue weighted by Gasteiger charge is -2.04. The molecule has 2 heterocycles. The first kappa shape index (κ1) is 8.00. The van der Waals surface area contributed by atoms with E-state index in [1.165, 1.54) is 6.21 Å². The van der Waals surface area contributed by atoms with Crippen LogP contribution < -0.4 is 10.9 Å². The molecule has 0 spiro atoms. The molecule has 5 nitrogen and oxygen atoms in total. The van der Waals surface area contributed by atoms with Gasteiger partial charge in [0.05, 0.1) is 11.3 Å². The molecule has 2 rings (SSSR count). The van der Waals surface area contributed by atoms with Crippen molar-refractivity contribution < 1.29 is 9.90 Å². The molecule has 13 heavy (non-hydrogen) atoms. The molecule has 0 radical (unpaired) electrons. The standard InChI is InChI=1S/C8H9N3O2/c12-8(13)6-4-9-2-1-5-3-10-11-7(5)6/h1-2,4-5,10-11H,3H2,(H,12,13). The molecule has 0 aliphatic carbocycles. The summed E-state index contributed by atoms with van der Waals surface area (Å²) in [5.41, 5.74) is 6.64. The molecule has 1 saturated heterocycles. The van der Waals surface area contributed by atoms with Crippen molar-refractivity contribution in [2.24, 2.45) is 10.9 Å². The summed E-state index contributed by atoms with van der Waals surface area (Å²) < 4.78 is 0. The highest BCUT2D eigenvalue weighted by Crippen LogP contribution is 2.19. The molecule has 2 aliphatic rings. The number of aliphatic imine (C=N–C) groups is 1. The summed E-state index contributed by atoms with van der Waals surface area (Å²) in [4.78, 5) is 14.6. The summed E-state index contributed by atoms with van der Waals surface area (Å²) in [7, 11) is 0. The van der Waals surface area contributed by atoms with Crippen LogP contribution in [0.3, 0.4) is 0 Å². The van der Waals surface area contributed by atoms with Crippen molar-refractivity contribution in [2.45, 2.75) is 0 Å². The minimum Gasteiger partial charge on any atom is -0.478 e. The quantitative estimate of drug-likeness (QED) is 0.514.